The maximum Gasteiger partial charge on any atom is 0.326 e. The van der Waals surface area contributed by atoms with Gasteiger partial charge in [0.2, 0.25) is 23.6 Å². The number of carboxylic acid groups (broad SMARTS) is 1. The van der Waals surface area contributed by atoms with E-state index < -0.39 is 72.0 Å². The van der Waals surface area contributed by atoms with E-state index in [2.05, 4.69) is 16.0 Å². The quantitative estimate of drug-likeness (QED) is 0.180. The molecule has 4 unspecified atom stereocenters. The lowest BCUT2D eigenvalue weighted by molar-refractivity contribution is -0.143. The first kappa shape index (κ1) is 29.4. The third kappa shape index (κ3) is 9.61. The van der Waals surface area contributed by atoms with Crippen molar-refractivity contribution in [3.63, 3.8) is 0 Å². The van der Waals surface area contributed by atoms with Gasteiger partial charge in [-0.15, -0.1) is 0 Å². The van der Waals surface area contributed by atoms with Gasteiger partial charge in [0.05, 0.1) is 12.5 Å². The number of phenolic OH excluding ortho intramolecular Hbond substituents is 1. The molecule has 0 saturated heterocycles. The monoisotopic (exact) mass is 493 g/mol. The molecule has 0 aliphatic carbocycles. The van der Waals surface area contributed by atoms with Crippen molar-refractivity contribution in [3.8, 4) is 5.75 Å². The number of rotatable bonds is 13. The van der Waals surface area contributed by atoms with Gasteiger partial charge in [-0.2, -0.15) is 0 Å². The van der Waals surface area contributed by atoms with Crippen LogP contribution in [0.1, 0.15) is 39.7 Å². The van der Waals surface area contributed by atoms with Gasteiger partial charge in [0, 0.05) is 6.42 Å². The predicted molar refractivity (Wildman–Crippen MR) is 127 cm³/mol. The normalized spacial score (nSPS) is 14.5. The molecule has 4 atom stereocenters. The van der Waals surface area contributed by atoms with Gasteiger partial charge in [-0.05, 0) is 29.5 Å². The van der Waals surface area contributed by atoms with Crippen LogP contribution in [0.5, 0.6) is 5.75 Å². The van der Waals surface area contributed by atoms with Gasteiger partial charge in [0.15, 0.2) is 0 Å². The highest BCUT2D eigenvalue weighted by Crippen LogP contribution is 2.13. The molecule has 194 valence electrons. The first-order valence-corrected chi connectivity index (χ1v) is 11.2. The molecule has 9 N–H and O–H groups in total. The molecular weight excluding hydrogens is 458 g/mol. The fourth-order valence-electron chi connectivity index (χ4n) is 3.21. The summed E-state index contributed by atoms with van der Waals surface area (Å²) in [5.41, 5.74) is 11.3. The van der Waals surface area contributed by atoms with Crippen LogP contribution in [0.15, 0.2) is 24.3 Å². The van der Waals surface area contributed by atoms with Crippen molar-refractivity contribution in [2.45, 2.75) is 64.7 Å². The standard InChI is InChI=1S/C23H35N5O7/c1-11(2)18(27-20(31)15(24)10-17(25)30)22(33)26-16(9-13-5-7-14(29)8-6-13)21(32)28-19(12(3)4)23(34)35/h5-8,11-12,15-16,18-19,29H,9-10,24H2,1-4H3,(H2,25,30)(H,26,33)(H,27,31)(H,28,32)(H,34,35). The van der Waals surface area contributed by atoms with Crippen molar-refractivity contribution in [2.24, 2.45) is 23.3 Å². The minimum absolute atomic E-state index is 0.0117. The number of hydrogen-bond acceptors (Lipinski definition) is 7. The number of hydrogen-bond donors (Lipinski definition) is 7. The van der Waals surface area contributed by atoms with Crippen LogP contribution in [-0.2, 0) is 30.4 Å². The summed E-state index contributed by atoms with van der Waals surface area (Å²) in [4.78, 5) is 61.0. The number of amides is 4. The first-order valence-electron chi connectivity index (χ1n) is 11.2. The molecule has 1 aromatic rings. The number of nitrogens with two attached hydrogens (primary N) is 2. The van der Waals surface area contributed by atoms with E-state index in [0.717, 1.165) is 0 Å². The number of nitrogens with one attached hydrogen (secondary N) is 3. The molecule has 0 fully saturated rings. The maximum atomic E-state index is 13.1. The first-order chi connectivity index (χ1) is 16.2. The molecule has 35 heavy (non-hydrogen) atoms. The highest BCUT2D eigenvalue weighted by molar-refractivity contribution is 5.95. The molecule has 0 bridgehead atoms. The fraction of sp³-hybridized carbons (Fsp3) is 0.522. The molecule has 0 spiro atoms. The van der Waals surface area contributed by atoms with E-state index in [1.54, 1.807) is 39.8 Å². The van der Waals surface area contributed by atoms with Gasteiger partial charge in [-0.1, -0.05) is 39.8 Å². The van der Waals surface area contributed by atoms with Crippen LogP contribution in [0.25, 0.3) is 0 Å². The van der Waals surface area contributed by atoms with Crippen LogP contribution in [0.2, 0.25) is 0 Å². The lowest BCUT2D eigenvalue weighted by Gasteiger charge is -2.27. The van der Waals surface area contributed by atoms with Crippen LogP contribution in [0.3, 0.4) is 0 Å². The lowest BCUT2D eigenvalue weighted by atomic mass is 9.99. The number of phenols is 1. The van der Waals surface area contributed by atoms with E-state index in [0.29, 0.717) is 5.56 Å². The Morgan fingerprint density at radius 1 is 0.829 bits per heavy atom. The van der Waals surface area contributed by atoms with Crippen molar-refractivity contribution >= 4 is 29.6 Å². The molecule has 0 aliphatic rings. The van der Waals surface area contributed by atoms with Crippen molar-refractivity contribution in [2.75, 3.05) is 0 Å². The second-order valence-corrected chi connectivity index (χ2v) is 9.01. The predicted octanol–water partition coefficient (Wildman–Crippen LogP) is -1.01. The summed E-state index contributed by atoms with van der Waals surface area (Å²) in [7, 11) is 0. The van der Waals surface area contributed by atoms with Crippen LogP contribution in [-0.4, -0.2) is 64.0 Å². The number of benzene rings is 1. The molecule has 0 heterocycles. The molecule has 12 nitrogen and oxygen atoms in total. The Morgan fingerprint density at radius 2 is 1.34 bits per heavy atom. The second kappa shape index (κ2) is 13.3. The molecule has 0 aromatic heterocycles. The molecule has 0 saturated carbocycles. The van der Waals surface area contributed by atoms with E-state index >= 15 is 0 Å². The number of carboxylic acids is 1. The Hall–Kier alpha value is -3.67. The summed E-state index contributed by atoms with van der Waals surface area (Å²) in [5, 5.41) is 26.4. The van der Waals surface area contributed by atoms with Gasteiger partial charge in [-0.3, -0.25) is 19.2 Å². The van der Waals surface area contributed by atoms with Gasteiger partial charge < -0.3 is 37.6 Å². The molecule has 0 aliphatic heterocycles. The Bertz CT molecular complexity index is 917. The Morgan fingerprint density at radius 3 is 1.80 bits per heavy atom. The zero-order valence-corrected chi connectivity index (χ0v) is 20.3. The summed E-state index contributed by atoms with van der Waals surface area (Å²) in [6, 6.07) is 1.22. The molecule has 12 heteroatoms. The highest BCUT2D eigenvalue weighted by Gasteiger charge is 2.32. The van der Waals surface area contributed by atoms with Crippen LogP contribution in [0.4, 0.5) is 0 Å². The number of aliphatic carboxylic acids is 1. The summed E-state index contributed by atoms with van der Waals surface area (Å²) in [5.74, 6) is -5.01. The molecule has 1 aromatic carbocycles. The van der Waals surface area contributed by atoms with E-state index in [1.807, 2.05) is 0 Å². The lowest BCUT2D eigenvalue weighted by Crippen LogP contribution is -2.59. The number of aromatic hydroxyl groups is 1. The average Bonchev–Trinajstić information content (AvgIpc) is 2.75. The van der Waals surface area contributed by atoms with E-state index in [4.69, 9.17) is 11.5 Å². The third-order valence-electron chi connectivity index (χ3n) is 5.24. The molecule has 4 amide bonds. The topological polar surface area (TPSA) is 214 Å². The number of primary amides is 1. The average molecular weight is 494 g/mol. The fourth-order valence-corrected chi connectivity index (χ4v) is 3.21. The molecule has 1 rings (SSSR count). The van der Waals surface area contributed by atoms with Crippen molar-refractivity contribution in [1.29, 1.82) is 0 Å². The van der Waals surface area contributed by atoms with E-state index in [-0.39, 0.29) is 12.2 Å². The summed E-state index contributed by atoms with van der Waals surface area (Å²) < 4.78 is 0. The van der Waals surface area contributed by atoms with Gasteiger partial charge >= 0.3 is 5.97 Å². The zero-order chi connectivity index (χ0) is 26.9. The third-order valence-corrected chi connectivity index (χ3v) is 5.24. The largest absolute Gasteiger partial charge is 0.508 e. The van der Waals surface area contributed by atoms with E-state index in [9.17, 15) is 34.2 Å². The van der Waals surface area contributed by atoms with Crippen LogP contribution >= 0.6 is 0 Å². The SMILES string of the molecule is CC(C)C(NC(=O)C(Cc1ccc(O)cc1)NC(=O)C(NC(=O)C(N)CC(N)=O)C(C)C)C(=O)O. The van der Waals surface area contributed by atoms with E-state index in [1.165, 1.54) is 12.1 Å². The summed E-state index contributed by atoms with van der Waals surface area (Å²) in [6.45, 7) is 6.59. The zero-order valence-electron chi connectivity index (χ0n) is 20.3. The van der Waals surface area contributed by atoms with Crippen molar-refractivity contribution < 1.29 is 34.2 Å². The Kier molecular flexibility index (Phi) is 11.1. The number of carbonyl (C=O) groups is 5. The summed E-state index contributed by atoms with van der Waals surface area (Å²) >= 11 is 0. The smallest absolute Gasteiger partial charge is 0.326 e. The molecule has 0 radical (unpaired) electrons. The minimum atomic E-state index is -1.25. The highest BCUT2D eigenvalue weighted by atomic mass is 16.4. The second-order valence-electron chi connectivity index (χ2n) is 9.01. The van der Waals surface area contributed by atoms with Crippen molar-refractivity contribution in [1.82, 2.24) is 16.0 Å². The van der Waals surface area contributed by atoms with Crippen LogP contribution in [0, 0.1) is 11.8 Å². The Balaban J connectivity index is 3.13. The maximum absolute atomic E-state index is 13.1. The van der Waals surface area contributed by atoms with Crippen molar-refractivity contribution in [3.05, 3.63) is 29.8 Å². The molecular formula is C23H35N5O7. The minimum Gasteiger partial charge on any atom is -0.508 e. The van der Waals surface area contributed by atoms with Gasteiger partial charge in [0.1, 0.15) is 23.9 Å². The van der Waals surface area contributed by atoms with Crippen LogP contribution < -0.4 is 27.4 Å². The van der Waals surface area contributed by atoms with Gasteiger partial charge in [-0.25, -0.2) is 4.79 Å². The number of carbonyl (C=O) groups excluding carboxylic acids is 4. The Labute approximate surface area is 203 Å². The summed E-state index contributed by atoms with van der Waals surface area (Å²) in [6.07, 6.45) is -0.418. The van der Waals surface area contributed by atoms with Gasteiger partial charge in [0.25, 0.3) is 0 Å².